The monoisotopic (exact) mass is 307 g/mol. The minimum Gasteiger partial charge on any atom is -0.408 e. The maximum absolute atomic E-state index is 11.9. The number of hydrogen-bond donors (Lipinski definition) is 1. The molecule has 92 valence electrons. The van der Waals surface area contributed by atoms with E-state index >= 15 is 0 Å². The summed E-state index contributed by atoms with van der Waals surface area (Å²) >= 11 is 3.32. The van der Waals surface area contributed by atoms with Gasteiger partial charge < -0.3 is 4.42 Å². The highest BCUT2D eigenvalue weighted by atomic mass is 79.9. The predicted molar refractivity (Wildman–Crippen MR) is 68.4 cm³/mol. The minimum atomic E-state index is -0.256. The van der Waals surface area contributed by atoms with Crippen LogP contribution in [0.5, 0.6) is 0 Å². The number of carbonyl (C=O) groups excluding carboxylic acids is 1. The average molecular weight is 308 g/mol. The van der Waals surface area contributed by atoms with Crippen LogP contribution in [0, 0.1) is 0 Å². The Kier molecular flexibility index (Phi) is 2.87. The number of hydrogen-bond acceptors (Lipinski definition) is 4. The van der Waals surface area contributed by atoms with Crippen LogP contribution < -0.4 is 5.32 Å². The fourth-order valence-corrected chi connectivity index (χ4v) is 1.82. The summed E-state index contributed by atoms with van der Waals surface area (Å²) in [6.45, 7) is 0. The van der Waals surface area contributed by atoms with Crippen molar-refractivity contribution in [1.82, 2.24) is 10.2 Å². The summed E-state index contributed by atoms with van der Waals surface area (Å²) in [5.74, 6) is 0.741. The van der Waals surface area contributed by atoms with Gasteiger partial charge in [0.05, 0.1) is 0 Å². The largest absolute Gasteiger partial charge is 0.408 e. The van der Waals surface area contributed by atoms with Crippen molar-refractivity contribution in [3.63, 3.8) is 0 Å². The van der Waals surface area contributed by atoms with Gasteiger partial charge in [0.25, 0.3) is 5.91 Å². The third-order valence-electron chi connectivity index (χ3n) is 2.69. The number of nitrogens with zero attached hydrogens (tertiary/aromatic N) is 2. The normalized spacial score (nSPS) is 14.5. The Labute approximate surface area is 112 Å². The van der Waals surface area contributed by atoms with Crippen LogP contribution in [-0.2, 0) is 0 Å². The van der Waals surface area contributed by atoms with Crippen LogP contribution in [0.25, 0.3) is 0 Å². The van der Waals surface area contributed by atoms with Crippen LogP contribution in [0.15, 0.2) is 33.2 Å². The smallest absolute Gasteiger partial charge is 0.322 e. The quantitative estimate of drug-likeness (QED) is 0.946. The number of benzene rings is 1. The Hall–Kier alpha value is -1.69. The predicted octanol–water partition coefficient (Wildman–Crippen LogP) is 2.96. The second-order valence-electron chi connectivity index (χ2n) is 4.18. The zero-order valence-corrected chi connectivity index (χ0v) is 11.0. The molecule has 0 atom stereocenters. The van der Waals surface area contributed by atoms with E-state index in [1.165, 1.54) is 0 Å². The Morgan fingerprint density at radius 2 is 2.00 bits per heavy atom. The number of nitrogens with one attached hydrogen (secondary N) is 1. The number of amides is 1. The van der Waals surface area contributed by atoms with Gasteiger partial charge >= 0.3 is 6.01 Å². The van der Waals surface area contributed by atoms with E-state index in [0.717, 1.165) is 17.3 Å². The first kappa shape index (κ1) is 11.4. The van der Waals surface area contributed by atoms with Gasteiger partial charge in [0, 0.05) is 16.0 Å². The fraction of sp³-hybridized carbons (Fsp3) is 0.250. The molecule has 0 bridgehead atoms. The minimum absolute atomic E-state index is 0.157. The molecule has 1 saturated carbocycles. The van der Waals surface area contributed by atoms with Gasteiger partial charge in [-0.1, -0.05) is 21.0 Å². The molecule has 0 radical (unpaired) electrons. The maximum atomic E-state index is 11.9. The fourth-order valence-electron chi connectivity index (χ4n) is 1.55. The van der Waals surface area contributed by atoms with Crippen LogP contribution in [0.1, 0.15) is 35.0 Å². The van der Waals surface area contributed by atoms with Crippen molar-refractivity contribution < 1.29 is 9.21 Å². The molecule has 1 amide bonds. The van der Waals surface area contributed by atoms with Crippen molar-refractivity contribution in [3.8, 4) is 0 Å². The van der Waals surface area contributed by atoms with E-state index in [4.69, 9.17) is 4.42 Å². The zero-order chi connectivity index (χ0) is 12.5. The van der Waals surface area contributed by atoms with Crippen molar-refractivity contribution in [2.24, 2.45) is 0 Å². The molecule has 5 nitrogen and oxygen atoms in total. The number of halogens is 1. The van der Waals surface area contributed by atoms with Gasteiger partial charge in [-0.2, -0.15) is 0 Å². The molecule has 0 saturated heterocycles. The van der Waals surface area contributed by atoms with Crippen LogP contribution in [-0.4, -0.2) is 16.1 Å². The number of carbonyl (C=O) groups is 1. The van der Waals surface area contributed by atoms with E-state index in [2.05, 4.69) is 31.4 Å². The molecule has 2 aromatic rings. The van der Waals surface area contributed by atoms with E-state index < -0.39 is 0 Å². The highest BCUT2D eigenvalue weighted by Gasteiger charge is 2.29. The Bertz CT molecular complexity index is 575. The number of aromatic nitrogens is 2. The molecule has 3 rings (SSSR count). The molecular weight excluding hydrogens is 298 g/mol. The Morgan fingerprint density at radius 3 is 2.67 bits per heavy atom. The second kappa shape index (κ2) is 4.53. The zero-order valence-electron chi connectivity index (χ0n) is 9.39. The molecule has 1 aliphatic rings. The molecular formula is C12H10BrN3O2. The lowest BCUT2D eigenvalue weighted by Crippen LogP contribution is -2.11. The molecule has 1 aromatic heterocycles. The molecule has 1 aliphatic carbocycles. The molecule has 18 heavy (non-hydrogen) atoms. The van der Waals surface area contributed by atoms with Crippen molar-refractivity contribution in [2.45, 2.75) is 18.8 Å². The van der Waals surface area contributed by atoms with Crippen LogP contribution >= 0.6 is 15.9 Å². The lowest BCUT2D eigenvalue weighted by atomic mass is 10.2. The van der Waals surface area contributed by atoms with Gasteiger partial charge in [0.2, 0.25) is 5.89 Å². The summed E-state index contributed by atoms with van der Waals surface area (Å²) in [5.41, 5.74) is 0.546. The van der Waals surface area contributed by atoms with Crippen molar-refractivity contribution in [2.75, 3.05) is 5.32 Å². The van der Waals surface area contributed by atoms with Gasteiger partial charge in [0.1, 0.15) is 0 Å². The number of rotatable bonds is 3. The molecule has 1 heterocycles. The van der Waals surface area contributed by atoms with E-state index in [0.29, 0.717) is 17.4 Å². The van der Waals surface area contributed by atoms with Crippen molar-refractivity contribution >= 4 is 27.9 Å². The molecule has 0 unspecified atom stereocenters. The summed E-state index contributed by atoms with van der Waals surface area (Å²) in [5, 5.41) is 10.3. The molecule has 0 aliphatic heterocycles. The summed E-state index contributed by atoms with van der Waals surface area (Å²) in [6.07, 6.45) is 2.17. The van der Waals surface area contributed by atoms with Crippen molar-refractivity contribution in [1.29, 1.82) is 0 Å². The summed E-state index contributed by atoms with van der Waals surface area (Å²) in [4.78, 5) is 11.9. The number of anilines is 1. The summed E-state index contributed by atoms with van der Waals surface area (Å²) in [6, 6.07) is 7.20. The average Bonchev–Trinajstić information content (AvgIpc) is 3.11. The first-order valence-corrected chi connectivity index (χ1v) is 6.42. The van der Waals surface area contributed by atoms with Crippen LogP contribution in [0.2, 0.25) is 0 Å². The van der Waals surface area contributed by atoms with Gasteiger partial charge in [-0.25, -0.2) is 0 Å². The van der Waals surface area contributed by atoms with E-state index in [9.17, 15) is 4.79 Å². The highest BCUT2D eigenvalue weighted by molar-refractivity contribution is 9.10. The highest BCUT2D eigenvalue weighted by Crippen LogP contribution is 2.39. The summed E-state index contributed by atoms with van der Waals surface area (Å²) < 4.78 is 6.28. The van der Waals surface area contributed by atoms with E-state index in [-0.39, 0.29) is 11.9 Å². The van der Waals surface area contributed by atoms with Gasteiger partial charge in [-0.15, -0.1) is 5.10 Å². The topological polar surface area (TPSA) is 68.0 Å². The van der Waals surface area contributed by atoms with E-state index in [1.807, 2.05) is 0 Å². The first-order valence-electron chi connectivity index (χ1n) is 5.63. The van der Waals surface area contributed by atoms with Crippen LogP contribution in [0.3, 0.4) is 0 Å². The first-order chi connectivity index (χ1) is 8.72. The van der Waals surface area contributed by atoms with Crippen molar-refractivity contribution in [3.05, 3.63) is 40.2 Å². The maximum Gasteiger partial charge on any atom is 0.322 e. The van der Waals surface area contributed by atoms with E-state index in [1.54, 1.807) is 24.3 Å². The third kappa shape index (κ3) is 2.43. The van der Waals surface area contributed by atoms with Gasteiger partial charge in [-0.05, 0) is 37.1 Å². The Balaban J connectivity index is 1.70. The molecule has 6 heteroatoms. The summed E-state index contributed by atoms with van der Waals surface area (Å²) in [7, 11) is 0. The standard InChI is InChI=1S/C12H10BrN3O2/c13-9-5-3-7(4-6-9)10(17)14-12-16-15-11(18-12)8-1-2-8/h3-6,8H,1-2H2,(H,14,16,17). The SMILES string of the molecule is O=C(Nc1nnc(C2CC2)o1)c1ccc(Br)cc1. The van der Waals surface area contributed by atoms with Gasteiger partial charge in [-0.3, -0.25) is 10.1 Å². The molecule has 1 N–H and O–H groups in total. The molecule has 0 spiro atoms. The molecule has 1 aromatic carbocycles. The lowest BCUT2D eigenvalue weighted by molar-refractivity contribution is 0.102. The van der Waals surface area contributed by atoms with Crippen LogP contribution in [0.4, 0.5) is 6.01 Å². The van der Waals surface area contributed by atoms with Gasteiger partial charge in [0.15, 0.2) is 0 Å². The molecule has 1 fully saturated rings. The lowest BCUT2D eigenvalue weighted by Gasteiger charge is -2.00. The Morgan fingerprint density at radius 1 is 1.28 bits per heavy atom. The second-order valence-corrected chi connectivity index (χ2v) is 5.10. The third-order valence-corrected chi connectivity index (χ3v) is 3.22.